The lowest BCUT2D eigenvalue weighted by Gasteiger charge is -2.41. The molecule has 0 aromatic heterocycles. The van der Waals surface area contributed by atoms with Gasteiger partial charge in [0.25, 0.3) is 5.91 Å². The molecule has 28 heavy (non-hydrogen) atoms. The molecule has 2 saturated heterocycles. The van der Waals surface area contributed by atoms with E-state index in [0.717, 1.165) is 31.7 Å². The second-order valence-electron chi connectivity index (χ2n) is 7.25. The van der Waals surface area contributed by atoms with Crippen LogP contribution in [0.2, 0.25) is 0 Å². The zero-order valence-electron chi connectivity index (χ0n) is 15.8. The molecular weight excluding hydrogens is 354 g/mol. The van der Waals surface area contributed by atoms with E-state index < -0.39 is 0 Å². The summed E-state index contributed by atoms with van der Waals surface area (Å²) in [5, 5.41) is 3.10. The Kier molecular flexibility index (Phi) is 5.58. The molecule has 2 fully saturated rings. The third-order valence-electron chi connectivity index (χ3n) is 5.31. The van der Waals surface area contributed by atoms with Gasteiger partial charge in [-0.25, -0.2) is 0 Å². The highest BCUT2D eigenvalue weighted by Gasteiger charge is 2.32. The minimum absolute atomic E-state index is 0.00852. The first-order valence-electron chi connectivity index (χ1n) is 9.83. The third-order valence-corrected chi connectivity index (χ3v) is 5.31. The molecular formula is C22H25N3O3. The molecule has 6 nitrogen and oxygen atoms in total. The van der Waals surface area contributed by atoms with Crippen LogP contribution in [0.5, 0.6) is 11.5 Å². The summed E-state index contributed by atoms with van der Waals surface area (Å²) >= 11 is 0. The standard InChI is InChI=1S/C22H25N3O3/c26-21-15-23-11-13-25(21)18-7-5-12-24(16-18)22(27)17-6-4-10-20(14-17)28-19-8-2-1-3-9-19/h1-4,6,8-10,14,18,23H,5,7,11-13,15-16H2. The van der Waals surface area contributed by atoms with Crippen LogP contribution < -0.4 is 10.1 Å². The fraction of sp³-hybridized carbons (Fsp3) is 0.364. The second-order valence-corrected chi connectivity index (χ2v) is 7.25. The summed E-state index contributed by atoms with van der Waals surface area (Å²) in [6, 6.07) is 16.9. The van der Waals surface area contributed by atoms with Gasteiger partial charge in [-0.15, -0.1) is 0 Å². The van der Waals surface area contributed by atoms with Crippen molar-refractivity contribution in [1.29, 1.82) is 0 Å². The molecule has 2 aliphatic rings. The molecule has 4 rings (SSSR count). The summed E-state index contributed by atoms with van der Waals surface area (Å²) in [5.74, 6) is 1.50. The number of carbonyl (C=O) groups is 2. The highest BCUT2D eigenvalue weighted by Crippen LogP contribution is 2.24. The van der Waals surface area contributed by atoms with Crippen LogP contribution in [0.3, 0.4) is 0 Å². The maximum Gasteiger partial charge on any atom is 0.254 e. The van der Waals surface area contributed by atoms with E-state index in [1.54, 1.807) is 6.07 Å². The molecule has 2 aliphatic heterocycles. The lowest BCUT2D eigenvalue weighted by molar-refractivity contribution is -0.135. The Balaban J connectivity index is 1.45. The average Bonchev–Trinajstić information content (AvgIpc) is 2.74. The molecule has 0 bridgehead atoms. The van der Waals surface area contributed by atoms with Crippen molar-refractivity contribution in [2.45, 2.75) is 18.9 Å². The highest BCUT2D eigenvalue weighted by molar-refractivity contribution is 5.94. The smallest absolute Gasteiger partial charge is 0.254 e. The molecule has 0 radical (unpaired) electrons. The number of ether oxygens (including phenoxy) is 1. The van der Waals surface area contributed by atoms with E-state index in [0.29, 0.717) is 30.9 Å². The van der Waals surface area contributed by atoms with Gasteiger partial charge in [0.15, 0.2) is 0 Å². The van der Waals surface area contributed by atoms with Gasteiger partial charge in [0.1, 0.15) is 11.5 Å². The summed E-state index contributed by atoms with van der Waals surface area (Å²) in [6.07, 6.45) is 1.86. The maximum atomic E-state index is 13.1. The minimum atomic E-state index is -0.00852. The van der Waals surface area contributed by atoms with E-state index in [9.17, 15) is 9.59 Å². The molecule has 2 aromatic rings. The lowest BCUT2D eigenvalue weighted by Crippen LogP contribution is -2.57. The quantitative estimate of drug-likeness (QED) is 0.887. The van der Waals surface area contributed by atoms with Crippen molar-refractivity contribution >= 4 is 11.8 Å². The summed E-state index contributed by atoms with van der Waals surface area (Å²) < 4.78 is 5.86. The van der Waals surface area contributed by atoms with Crippen molar-refractivity contribution < 1.29 is 14.3 Å². The van der Waals surface area contributed by atoms with Gasteiger partial charge in [-0.05, 0) is 43.2 Å². The second kappa shape index (κ2) is 8.44. The van der Waals surface area contributed by atoms with Crippen LogP contribution in [-0.2, 0) is 4.79 Å². The summed E-state index contributed by atoms with van der Waals surface area (Å²) in [5.41, 5.74) is 0.612. The molecule has 2 amide bonds. The number of amides is 2. The van der Waals surface area contributed by atoms with Crippen molar-refractivity contribution in [2.75, 3.05) is 32.7 Å². The normalized spacial score (nSPS) is 20.1. The number of carbonyl (C=O) groups excluding carboxylic acids is 2. The number of rotatable bonds is 4. The summed E-state index contributed by atoms with van der Waals surface area (Å²) in [4.78, 5) is 29.1. The first-order valence-corrected chi connectivity index (χ1v) is 9.83. The summed E-state index contributed by atoms with van der Waals surface area (Å²) in [7, 11) is 0. The van der Waals surface area contributed by atoms with Crippen LogP contribution in [0.25, 0.3) is 0 Å². The van der Waals surface area contributed by atoms with E-state index in [1.165, 1.54) is 0 Å². The number of para-hydroxylation sites is 1. The van der Waals surface area contributed by atoms with Gasteiger partial charge in [0.05, 0.1) is 6.54 Å². The fourth-order valence-electron chi connectivity index (χ4n) is 3.90. The number of nitrogens with one attached hydrogen (secondary N) is 1. The fourth-order valence-corrected chi connectivity index (χ4v) is 3.90. The van der Waals surface area contributed by atoms with Gasteiger partial charge in [0.2, 0.25) is 5.91 Å². The van der Waals surface area contributed by atoms with Crippen molar-refractivity contribution in [1.82, 2.24) is 15.1 Å². The maximum absolute atomic E-state index is 13.1. The predicted octanol–water partition coefficient (Wildman–Crippen LogP) is 2.52. The molecule has 1 unspecified atom stereocenters. The van der Waals surface area contributed by atoms with Gasteiger partial charge < -0.3 is 19.9 Å². The number of piperidine rings is 1. The van der Waals surface area contributed by atoms with Gasteiger partial charge in [0, 0.05) is 37.8 Å². The van der Waals surface area contributed by atoms with Crippen molar-refractivity contribution in [3.8, 4) is 11.5 Å². The Labute approximate surface area is 165 Å². The number of piperazine rings is 1. The Hall–Kier alpha value is -2.86. The van der Waals surface area contributed by atoms with Crippen LogP contribution >= 0.6 is 0 Å². The van der Waals surface area contributed by atoms with E-state index in [1.807, 2.05) is 58.3 Å². The monoisotopic (exact) mass is 379 g/mol. The predicted molar refractivity (Wildman–Crippen MR) is 106 cm³/mol. The van der Waals surface area contributed by atoms with E-state index in [4.69, 9.17) is 4.74 Å². The molecule has 146 valence electrons. The van der Waals surface area contributed by atoms with E-state index >= 15 is 0 Å². The molecule has 1 atom stereocenters. The van der Waals surface area contributed by atoms with Gasteiger partial charge in [-0.3, -0.25) is 9.59 Å². The summed E-state index contributed by atoms with van der Waals surface area (Å²) in [6.45, 7) is 3.23. The van der Waals surface area contributed by atoms with Gasteiger partial charge in [-0.1, -0.05) is 24.3 Å². The minimum Gasteiger partial charge on any atom is -0.457 e. The van der Waals surface area contributed by atoms with Crippen LogP contribution in [0, 0.1) is 0 Å². The lowest BCUT2D eigenvalue weighted by atomic mass is 10.0. The van der Waals surface area contributed by atoms with Crippen LogP contribution in [0.1, 0.15) is 23.2 Å². The van der Waals surface area contributed by atoms with Crippen molar-refractivity contribution in [3.63, 3.8) is 0 Å². The average molecular weight is 379 g/mol. The zero-order valence-corrected chi connectivity index (χ0v) is 15.8. The van der Waals surface area contributed by atoms with Crippen LogP contribution in [0.15, 0.2) is 54.6 Å². The van der Waals surface area contributed by atoms with E-state index in [-0.39, 0.29) is 17.9 Å². The first kappa shape index (κ1) is 18.5. The van der Waals surface area contributed by atoms with Crippen LogP contribution in [-0.4, -0.2) is 60.4 Å². The SMILES string of the molecule is O=C(c1cccc(Oc2ccccc2)c1)N1CCCC(N2CCNCC2=O)C1. The first-order chi connectivity index (χ1) is 13.7. The number of hydrogen-bond donors (Lipinski definition) is 1. The molecule has 0 saturated carbocycles. The molecule has 2 aromatic carbocycles. The molecule has 6 heteroatoms. The van der Waals surface area contributed by atoms with E-state index in [2.05, 4.69) is 5.32 Å². The highest BCUT2D eigenvalue weighted by atomic mass is 16.5. The third kappa shape index (κ3) is 4.17. The topological polar surface area (TPSA) is 61.9 Å². The number of nitrogens with zero attached hydrogens (tertiary/aromatic N) is 2. The molecule has 2 heterocycles. The number of benzene rings is 2. The number of hydrogen-bond acceptors (Lipinski definition) is 4. The molecule has 1 N–H and O–H groups in total. The van der Waals surface area contributed by atoms with Crippen molar-refractivity contribution in [2.24, 2.45) is 0 Å². The zero-order chi connectivity index (χ0) is 19.3. The Morgan fingerprint density at radius 2 is 1.86 bits per heavy atom. The molecule has 0 aliphatic carbocycles. The van der Waals surface area contributed by atoms with Gasteiger partial charge >= 0.3 is 0 Å². The van der Waals surface area contributed by atoms with Crippen LogP contribution in [0.4, 0.5) is 0 Å². The van der Waals surface area contributed by atoms with Crippen molar-refractivity contribution in [3.05, 3.63) is 60.2 Å². The van der Waals surface area contributed by atoms with Gasteiger partial charge in [-0.2, -0.15) is 0 Å². The largest absolute Gasteiger partial charge is 0.457 e. The molecule has 0 spiro atoms. The number of likely N-dealkylation sites (tertiary alicyclic amines) is 1. The Morgan fingerprint density at radius 1 is 1.04 bits per heavy atom. The Morgan fingerprint density at radius 3 is 2.68 bits per heavy atom. The Bertz CT molecular complexity index is 840.